The van der Waals surface area contributed by atoms with Gasteiger partial charge >= 0.3 is 0 Å². The zero-order chi connectivity index (χ0) is 9.30. The number of halogens is 1. The molecule has 0 spiro atoms. The lowest BCUT2D eigenvalue weighted by atomic mass is 10.1. The van der Waals surface area contributed by atoms with Crippen molar-refractivity contribution in [2.24, 2.45) is 5.92 Å². The predicted molar refractivity (Wildman–Crippen MR) is 60.3 cm³/mol. The topological polar surface area (TPSA) is 0 Å². The molecule has 0 aliphatic rings. The molecule has 1 aromatic heterocycles. The van der Waals surface area contributed by atoms with E-state index in [9.17, 15) is 0 Å². The molecule has 1 unspecified atom stereocenters. The summed E-state index contributed by atoms with van der Waals surface area (Å²) in [6, 6.07) is 2.26. The lowest BCUT2D eigenvalue weighted by Gasteiger charge is -2.12. The molecule has 68 valence electrons. The average Bonchev–Trinajstić information content (AvgIpc) is 2.28. The fourth-order valence-electron chi connectivity index (χ4n) is 1.24. The van der Waals surface area contributed by atoms with Gasteiger partial charge in [0.2, 0.25) is 0 Å². The van der Waals surface area contributed by atoms with Gasteiger partial charge in [-0.1, -0.05) is 29.8 Å². The first-order valence-electron chi connectivity index (χ1n) is 4.23. The third kappa shape index (κ3) is 2.11. The van der Waals surface area contributed by atoms with Gasteiger partial charge in [0.25, 0.3) is 0 Å². The van der Waals surface area contributed by atoms with Gasteiger partial charge in [0, 0.05) is 9.75 Å². The standard InChI is InChI=1S/C10H15BrS/c1-6(2)9(11)10-7(3)5-8(4)12-10/h5-6,9H,1-4H3. The largest absolute Gasteiger partial charge is 0.144 e. The summed E-state index contributed by atoms with van der Waals surface area (Å²) >= 11 is 5.63. The van der Waals surface area contributed by atoms with Crippen LogP contribution in [0.15, 0.2) is 6.07 Å². The highest BCUT2D eigenvalue weighted by Crippen LogP contribution is 2.37. The highest BCUT2D eigenvalue weighted by atomic mass is 79.9. The van der Waals surface area contributed by atoms with Gasteiger partial charge in [-0.25, -0.2) is 0 Å². The fraction of sp³-hybridized carbons (Fsp3) is 0.600. The van der Waals surface area contributed by atoms with Crippen molar-refractivity contribution >= 4 is 27.3 Å². The van der Waals surface area contributed by atoms with Crippen molar-refractivity contribution in [2.45, 2.75) is 32.5 Å². The summed E-state index contributed by atoms with van der Waals surface area (Å²) in [5.74, 6) is 0.668. The van der Waals surface area contributed by atoms with Crippen molar-refractivity contribution < 1.29 is 0 Å². The molecule has 0 bridgehead atoms. The van der Waals surface area contributed by atoms with Crippen LogP contribution in [0.3, 0.4) is 0 Å². The summed E-state index contributed by atoms with van der Waals surface area (Å²) < 4.78 is 0. The predicted octanol–water partition coefficient (Wildman–Crippen LogP) is 4.46. The highest BCUT2D eigenvalue weighted by Gasteiger charge is 2.16. The van der Waals surface area contributed by atoms with Crippen molar-refractivity contribution in [3.8, 4) is 0 Å². The number of hydrogen-bond acceptors (Lipinski definition) is 1. The van der Waals surface area contributed by atoms with E-state index >= 15 is 0 Å². The van der Waals surface area contributed by atoms with Gasteiger partial charge in [-0.05, 0) is 31.4 Å². The van der Waals surface area contributed by atoms with Crippen LogP contribution in [0, 0.1) is 19.8 Å². The molecule has 0 saturated carbocycles. The molecule has 1 aromatic rings. The van der Waals surface area contributed by atoms with Gasteiger partial charge in [0.05, 0.1) is 4.83 Å². The van der Waals surface area contributed by atoms with Gasteiger partial charge < -0.3 is 0 Å². The SMILES string of the molecule is Cc1cc(C)c(C(Br)C(C)C)s1. The summed E-state index contributed by atoms with van der Waals surface area (Å²) in [4.78, 5) is 3.42. The minimum atomic E-state index is 0.524. The Morgan fingerprint density at radius 3 is 2.25 bits per heavy atom. The van der Waals surface area contributed by atoms with Gasteiger partial charge in [-0.2, -0.15) is 0 Å². The maximum absolute atomic E-state index is 3.72. The number of hydrogen-bond donors (Lipinski definition) is 0. The summed E-state index contributed by atoms with van der Waals surface area (Å²) in [5.41, 5.74) is 1.42. The van der Waals surface area contributed by atoms with Crippen LogP contribution in [0.1, 0.15) is 34.0 Å². The van der Waals surface area contributed by atoms with Gasteiger partial charge in [0.15, 0.2) is 0 Å². The molecule has 0 fully saturated rings. The monoisotopic (exact) mass is 246 g/mol. The number of aryl methyl sites for hydroxylation is 2. The maximum atomic E-state index is 3.72. The van der Waals surface area contributed by atoms with E-state index in [4.69, 9.17) is 0 Å². The van der Waals surface area contributed by atoms with Crippen LogP contribution < -0.4 is 0 Å². The minimum Gasteiger partial charge on any atom is -0.144 e. The Hall–Kier alpha value is 0.180. The van der Waals surface area contributed by atoms with Crippen molar-refractivity contribution in [2.75, 3.05) is 0 Å². The molecule has 0 amide bonds. The maximum Gasteiger partial charge on any atom is 0.0514 e. The zero-order valence-electron chi connectivity index (χ0n) is 8.02. The number of alkyl halides is 1. The Morgan fingerprint density at radius 1 is 1.33 bits per heavy atom. The average molecular weight is 247 g/mol. The van der Waals surface area contributed by atoms with Crippen LogP contribution in [0.4, 0.5) is 0 Å². The van der Waals surface area contributed by atoms with Crippen LogP contribution >= 0.6 is 27.3 Å². The lowest BCUT2D eigenvalue weighted by Crippen LogP contribution is -1.97. The minimum absolute atomic E-state index is 0.524. The first-order chi connectivity index (χ1) is 5.52. The van der Waals surface area contributed by atoms with Crippen LogP contribution in [0.25, 0.3) is 0 Å². The Bertz CT molecular complexity index is 263. The second-order valence-electron chi connectivity index (χ2n) is 3.55. The molecule has 2 heteroatoms. The second-order valence-corrected chi connectivity index (χ2v) is 5.82. The molecule has 1 heterocycles. The molecule has 0 radical (unpaired) electrons. The van der Waals surface area contributed by atoms with Gasteiger partial charge in [-0.15, -0.1) is 11.3 Å². The molecular formula is C10H15BrS. The molecule has 0 aliphatic heterocycles. The Kier molecular flexibility index (Phi) is 3.36. The van der Waals surface area contributed by atoms with E-state index in [1.165, 1.54) is 15.3 Å². The molecule has 0 N–H and O–H groups in total. The molecule has 1 atom stereocenters. The molecular weight excluding hydrogens is 232 g/mol. The summed E-state index contributed by atoms with van der Waals surface area (Å²) in [6.07, 6.45) is 0. The molecule has 1 rings (SSSR count). The molecule has 0 aliphatic carbocycles. The van der Waals surface area contributed by atoms with Gasteiger partial charge in [-0.3, -0.25) is 0 Å². The molecule has 0 nitrogen and oxygen atoms in total. The van der Waals surface area contributed by atoms with E-state index in [0.29, 0.717) is 10.7 Å². The van der Waals surface area contributed by atoms with E-state index in [0.717, 1.165) is 0 Å². The van der Waals surface area contributed by atoms with Crippen molar-refractivity contribution in [3.63, 3.8) is 0 Å². The quantitative estimate of drug-likeness (QED) is 0.677. The molecule has 12 heavy (non-hydrogen) atoms. The van der Waals surface area contributed by atoms with E-state index in [1.807, 2.05) is 11.3 Å². The van der Waals surface area contributed by atoms with Crippen LogP contribution in [-0.4, -0.2) is 0 Å². The Morgan fingerprint density at radius 2 is 1.92 bits per heavy atom. The summed E-state index contributed by atoms with van der Waals surface area (Å²) in [5, 5.41) is 0. The highest BCUT2D eigenvalue weighted by molar-refractivity contribution is 9.09. The zero-order valence-corrected chi connectivity index (χ0v) is 10.4. The Labute approximate surface area is 87.1 Å². The first kappa shape index (κ1) is 10.3. The van der Waals surface area contributed by atoms with E-state index < -0.39 is 0 Å². The van der Waals surface area contributed by atoms with Crippen LogP contribution in [0.5, 0.6) is 0 Å². The lowest BCUT2D eigenvalue weighted by molar-refractivity contribution is 0.646. The van der Waals surface area contributed by atoms with E-state index in [1.54, 1.807) is 0 Å². The van der Waals surface area contributed by atoms with E-state index in [2.05, 4.69) is 49.7 Å². The summed E-state index contributed by atoms with van der Waals surface area (Å²) in [7, 11) is 0. The van der Waals surface area contributed by atoms with Crippen molar-refractivity contribution in [3.05, 3.63) is 21.4 Å². The second kappa shape index (κ2) is 3.93. The van der Waals surface area contributed by atoms with Crippen LogP contribution in [-0.2, 0) is 0 Å². The van der Waals surface area contributed by atoms with Crippen molar-refractivity contribution in [1.82, 2.24) is 0 Å². The fourth-order valence-corrected chi connectivity index (χ4v) is 3.06. The van der Waals surface area contributed by atoms with E-state index in [-0.39, 0.29) is 0 Å². The number of rotatable bonds is 2. The molecule has 0 aromatic carbocycles. The van der Waals surface area contributed by atoms with Crippen LogP contribution in [0.2, 0.25) is 0 Å². The third-order valence-corrected chi connectivity index (χ3v) is 4.97. The van der Waals surface area contributed by atoms with Gasteiger partial charge in [0.1, 0.15) is 0 Å². The third-order valence-electron chi connectivity index (χ3n) is 1.92. The normalized spacial score (nSPS) is 13.8. The van der Waals surface area contributed by atoms with Crippen molar-refractivity contribution in [1.29, 1.82) is 0 Å². The first-order valence-corrected chi connectivity index (χ1v) is 5.96. The Balaban J connectivity index is 2.94. The smallest absolute Gasteiger partial charge is 0.0514 e. The number of thiophene rings is 1. The summed E-state index contributed by atoms with van der Waals surface area (Å²) in [6.45, 7) is 8.85. The molecule has 0 saturated heterocycles.